The molecule has 150 valence electrons. The number of benzene rings is 2. The lowest BCUT2D eigenvalue weighted by molar-refractivity contribution is -0.384. The molecule has 0 saturated heterocycles. The van der Waals surface area contributed by atoms with Crippen LogP contribution < -0.4 is 14.8 Å². The Morgan fingerprint density at radius 2 is 2.00 bits per heavy atom. The minimum absolute atomic E-state index is 0.0460. The first-order chi connectivity index (χ1) is 13.8. The minimum Gasteiger partial charge on any atom is -0.454 e. The monoisotopic (exact) mass is 418 g/mol. The van der Waals surface area contributed by atoms with Gasteiger partial charge in [0.1, 0.15) is 0 Å². The molecule has 1 heterocycles. The molecule has 0 saturated carbocycles. The summed E-state index contributed by atoms with van der Waals surface area (Å²) in [5, 5.41) is 13.4. The van der Waals surface area contributed by atoms with E-state index in [0.29, 0.717) is 17.1 Å². The van der Waals surface area contributed by atoms with Gasteiger partial charge in [0.2, 0.25) is 6.79 Å². The molecule has 1 unspecified atom stereocenters. The van der Waals surface area contributed by atoms with E-state index in [2.05, 4.69) is 5.32 Å². The van der Waals surface area contributed by atoms with Gasteiger partial charge >= 0.3 is 5.97 Å². The average Bonchev–Trinajstić information content (AvgIpc) is 3.15. The number of fused-ring (bicyclic) bond motifs is 1. The summed E-state index contributed by atoms with van der Waals surface area (Å²) in [7, 11) is 0. The number of anilines is 1. The second-order valence-corrected chi connectivity index (χ2v) is 6.34. The first kappa shape index (κ1) is 20.2. The highest BCUT2D eigenvalue weighted by Gasteiger charge is 2.19. The highest BCUT2D eigenvalue weighted by Crippen LogP contribution is 2.32. The van der Waals surface area contributed by atoms with Gasteiger partial charge in [-0.2, -0.15) is 0 Å². The van der Waals surface area contributed by atoms with Crippen molar-refractivity contribution in [2.45, 2.75) is 13.0 Å². The topological polar surface area (TPSA) is 117 Å². The molecule has 2 aromatic carbocycles. The van der Waals surface area contributed by atoms with E-state index < -0.39 is 22.9 Å². The number of non-ortho nitro benzene ring substituents is 1. The molecule has 0 fully saturated rings. The molecule has 3 rings (SSSR count). The van der Waals surface area contributed by atoms with Crippen molar-refractivity contribution in [3.63, 3.8) is 0 Å². The maximum absolute atomic E-state index is 12.2. The Bertz CT molecular complexity index is 1010. The maximum atomic E-state index is 12.2. The summed E-state index contributed by atoms with van der Waals surface area (Å²) in [6, 6.07) is 8.77. The molecule has 1 amide bonds. The predicted octanol–water partition coefficient (Wildman–Crippen LogP) is 3.56. The van der Waals surface area contributed by atoms with Crippen LogP contribution in [-0.2, 0) is 14.3 Å². The molecule has 10 heteroatoms. The van der Waals surface area contributed by atoms with Crippen LogP contribution in [0, 0.1) is 10.1 Å². The van der Waals surface area contributed by atoms with Gasteiger partial charge in [-0.15, -0.1) is 0 Å². The standard InChI is InChI=1S/C19H15ClN2O7/c1-11(19(24)21-15-9-13(22(25)26)4-5-14(15)20)29-18(23)7-3-12-2-6-16-17(8-12)28-10-27-16/h2-9,11H,10H2,1H3,(H,21,24)/b7-3+. The van der Waals surface area contributed by atoms with Gasteiger partial charge in [-0.1, -0.05) is 17.7 Å². The van der Waals surface area contributed by atoms with Crippen LogP contribution >= 0.6 is 11.6 Å². The predicted molar refractivity (Wildman–Crippen MR) is 104 cm³/mol. The van der Waals surface area contributed by atoms with E-state index in [-0.39, 0.29) is 23.2 Å². The summed E-state index contributed by atoms with van der Waals surface area (Å²) in [5.74, 6) is -0.232. The second-order valence-electron chi connectivity index (χ2n) is 5.94. The molecule has 0 spiro atoms. The van der Waals surface area contributed by atoms with E-state index in [1.807, 2.05) is 0 Å². The minimum atomic E-state index is -1.15. The van der Waals surface area contributed by atoms with E-state index in [1.165, 1.54) is 31.2 Å². The number of hydrogen-bond acceptors (Lipinski definition) is 7. The van der Waals surface area contributed by atoms with Crippen LogP contribution in [0.15, 0.2) is 42.5 Å². The third-order valence-corrected chi connectivity index (χ3v) is 4.22. The Morgan fingerprint density at radius 1 is 1.24 bits per heavy atom. The molecule has 2 aromatic rings. The van der Waals surface area contributed by atoms with Crippen molar-refractivity contribution in [3.05, 3.63) is 63.2 Å². The summed E-state index contributed by atoms with van der Waals surface area (Å²) in [5.41, 5.74) is 0.498. The number of esters is 1. The van der Waals surface area contributed by atoms with Crippen LogP contribution in [0.2, 0.25) is 5.02 Å². The zero-order valence-corrected chi connectivity index (χ0v) is 15.8. The van der Waals surface area contributed by atoms with E-state index in [1.54, 1.807) is 18.2 Å². The fraction of sp³-hybridized carbons (Fsp3) is 0.158. The molecule has 1 aliphatic rings. The molecule has 0 aliphatic carbocycles. The van der Waals surface area contributed by atoms with Crippen LogP contribution in [-0.4, -0.2) is 29.7 Å². The normalized spacial score (nSPS) is 13.2. The van der Waals surface area contributed by atoms with E-state index in [4.69, 9.17) is 25.8 Å². The smallest absolute Gasteiger partial charge is 0.331 e. The number of amides is 1. The van der Waals surface area contributed by atoms with Crippen molar-refractivity contribution >= 4 is 40.9 Å². The van der Waals surface area contributed by atoms with Gasteiger partial charge in [0, 0.05) is 18.2 Å². The molecule has 0 aromatic heterocycles. The lowest BCUT2D eigenvalue weighted by atomic mass is 10.2. The van der Waals surface area contributed by atoms with Crippen LogP contribution in [0.4, 0.5) is 11.4 Å². The molecule has 0 bridgehead atoms. The van der Waals surface area contributed by atoms with Gasteiger partial charge in [0.05, 0.1) is 15.6 Å². The Kier molecular flexibility index (Phi) is 5.99. The van der Waals surface area contributed by atoms with Crippen molar-refractivity contribution < 1.29 is 28.7 Å². The van der Waals surface area contributed by atoms with Gasteiger partial charge in [0.25, 0.3) is 11.6 Å². The number of nitro benzene ring substituents is 1. The summed E-state index contributed by atoms with van der Waals surface area (Å²) in [4.78, 5) is 34.4. The highest BCUT2D eigenvalue weighted by atomic mass is 35.5. The average molecular weight is 419 g/mol. The summed E-state index contributed by atoms with van der Waals surface area (Å²) < 4.78 is 15.5. The van der Waals surface area contributed by atoms with Gasteiger partial charge in [-0.25, -0.2) is 4.79 Å². The maximum Gasteiger partial charge on any atom is 0.331 e. The zero-order chi connectivity index (χ0) is 21.0. The number of carbonyl (C=O) groups is 2. The molecular formula is C19H15ClN2O7. The first-order valence-corrected chi connectivity index (χ1v) is 8.74. The second kappa shape index (κ2) is 8.61. The zero-order valence-electron chi connectivity index (χ0n) is 15.1. The summed E-state index contributed by atoms with van der Waals surface area (Å²) in [6.07, 6.45) is 1.52. The third-order valence-electron chi connectivity index (χ3n) is 3.89. The molecule has 1 atom stereocenters. The molecular weight excluding hydrogens is 404 g/mol. The van der Waals surface area contributed by atoms with Gasteiger partial charge in [0.15, 0.2) is 17.6 Å². The van der Waals surface area contributed by atoms with Crippen LogP contribution in [0.3, 0.4) is 0 Å². The number of hydrogen-bond donors (Lipinski definition) is 1. The molecule has 29 heavy (non-hydrogen) atoms. The molecule has 9 nitrogen and oxygen atoms in total. The fourth-order valence-corrected chi connectivity index (χ4v) is 2.57. The number of rotatable bonds is 6. The molecule has 0 radical (unpaired) electrons. The summed E-state index contributed by atoms with van der Waals surface area (Å²) in [6.45, 7) is 1.51. The Morgan fingerprint density at radius 3 is 2.76 bits per heavy atom. The Labute approximate surface area is 170 Å². The van der Waals surface area contributed by atoms with E-state index >= 15 is 0 Å². The fourth-order valence-electron chi connectivity index (χ4n) is 2.41. The summed E-state index contributed by atoms with van der Waals surface area (Å²) >= 11 is 5.94. The van der Waals surface area contributed by atoms with Gasteiger partial charge in [-0.3, -0.25) is 14.9 Å². The molecule has 1 N–H and O–H groups in total. The van der Waals surface area contributed by atoms with E-state index in [9.17, 15) is 19.7 Å². The van der Waals surface area contributed by atoms with Crippen LogP contribution in [0.1, 0.15) is 12.5 Å². The largest absolute Gasteiger partial charge is 0.454 e. The number of carbonyl (C=O) groups excluding carboxylic acids is 2. The van der Waals surface area contributed by atoms with E-state index in [0.717, 1.165) is 6.07 Å². The first-order valence-electron chi connectivity index (χ1n) is 8.36. The van der Waals surface area contributed by atoms with Crippen LogP contribution in [0.5, 0.6) is 11.5 Å². The number of halogens is 1. The quantitative estimate of drug-likeness (QED) is 0.330. The molecule has 1 aliphatic heterocycles. The Balaban J connectivity index is 1.58. The van der Waals surface area contributed by atoms with Crippen molar-refractivity contribution in [2.24, 2.45) is 0 Å². The number of nitrogens with zero attached hydrogens (tertiary/aromatic N) is 1. The van der Waals surface area contributed by atoms with Crippen LogP contribution in [0.25, 0.3) is 6.08 Å². The van der Waals surface area contributed by atoms with Gasteiger partial charge < -0.3 is 19.5 Å². The lowest BCUT2D eigenvalue weighted by Gasteiger charge is -2.13. The van der Waals surface area contributed by atoms with Gasteiger partial charge in [-0.05, 0) is 36.8 Å². The number of ether oxygens (including phenoxy) is 3. The third kappa shape index (κ3) is 5.02. The Hall–Kier alpha value is -3.59. The van der Waals surface area contributed by atoms with Crippen molar-refractivity contribution in [1.29, 1.82) is 0 Å². The van der Waals surface area contributed by atoms with Crippen molar-refractivity contribution in [1.82, 2.24) is 0 Å². The highest BCUT2D eigenvalue weighted by molar-refractivity contribution is 6.33. The SMILES string of the molecule is CC(OC(=O)/C=C/c1ccc2c(c1)OCO2)C(=O)Nc1cc([N+](=O)[O-])ccc1Cl. The number of nitro groups is 1. The van der Waals surface area contributed by atoms with Crippen molar-refractivity contribution in [2.75, 3.05) is 12.1 Å². The van der Waals surface area contributed by atoms with Crippen molar-refractivity contribution in [3.8, 4) is 11.5 Å². The number of nitrogens with one attached hydrogen (secondary N) is 1. The lowest BCUT2D eigenvalue weighted by Crippen LogP contribution is -2.29.